The minimum absolute atomic E-state index is 0.0415. The molecule has 1 aromatic carbocycles. The zero-order chi connectivity index (χ0) is 16.9. The summed E-state index contributed by atoms with van der Waals surface area (Å²) in [5.74, 6) is 0.520. The van der Waals surface area contributed by atoms with E-state index in [4.69, 9.17) is 4.74 Å². The zero-order valence-electron chi connectivity index (χ0n) is 12.8. The lowest BCUT2D eigenvalue weighted by Crippen LogP contribution is -2.34. The van der Waals surface area contributed by atoms with Crippen molar-refractivity contribution >= 4 is 21.6 Å². The summed E-state index contributed by atoms with van der Waals surface area (Å²) < 4.78 is 36.1. The van der Waals surface area contributed by atoms with Crippen LogP contribution in [0, 0.1) is 0 Å². The second-order valence-corrected chi connectivity index (χ2v) is 6.44. The molecule has 0 saturated carbocycles. The zero-order valence-corrected chi connectivity index (χ0v) is 14.4. The molecule has 128 valence electrons. The second kappa shape index (κ2) is 7.90. The van der Waals surface area contributed by atoms with Crippen LogP contribution in [0.25, 0.3) is 0 Å². The molecule has 24 heavy (non-hydrogen) atoms. The average molecular weight is 399 g/mol. The van der Waals surface area contributed by atoms with Crippen LogP contribution in [0.5, 0.6) is 5.88 Å². The first kappa shape index (κ1) is 17.1. The summed E-state index contributed by atoms with van der Waals surface area (Å²) in [5, 5.41) is 0. The molecule has 2 heterocycles. The number of halogens is 3. The minimum Gasteiger partial charge on any atom is -0.472 e. The fourth-order valence-corrected chi connectivity index (χ4v) is 3.07. The van der Waals surface area contributed by atoms with Gasteiger partial charge in [-0.15, -0.1) is 0 Å². The van der Waals surface area contributed by atoms with Crippen molar-refractivity contribution in [3.8, 4) is 5.88 Å². The molecule has 2 aromatic rings. The van der Waals surface area contributed by atoms with Gasteiger partial charge in [-0.05, 0) is 34.1 Å². The summed E-state index contributed by atoms with van der Waals surface area (Å²) >= 11 is 3.33. The molecule has 0 radical (unpaired) electrons. The summed E-state index contributed by atoms with van der Waals surface area (Å²) in [6.07, 6.45) is 2.13. The highest BCUT2D eigenvalue weighted by Gasteiger charge is 2.34. The highest BCUT2D eigenvalue weighted by atomic mass is 79.9. The van der Waals surface area contributed by atoms with Crippen LogP contribution in [0.2, 0.25) is 0 Å². The summed E-state index contributed by atoms with van der Waals surface area (Å²) in [5.41, 5.74) is 0.968. The van der Waals surface area contributed by atoms with Crippen LogP contribution in [0.15, 0.2) is 53.1 Å². The van der Waals surface area contributed by atoms with Gasteiger partial charge < -0.3 is 14.4 Å². The van der Waals surface area contributed by atoms with E-state index >= 15 is 0 Å². The summed E-state index contributed by atoms with van der Waals surface area (Å²) in [6, 6.07) is 13.1. The Kier molecular flexibility index (Phi) is 5.63. The monoisotopic (exact) mass is 398 g/mol. The number of alkyl halides is 2. The van der Waals surface area contributed by atoms with Gasteiger partial charge in [0.15, 0.2) is 0 Å². The molecule has 0 unspecified atom stereocenters. The smallest absolute Gasteiger partial charge is 0.345 e. The van der Waals surface area contributed by atoms with E-state index < -0.39 is 6.61 Å². The molecule has 1 aromatic heterocycles. The number of benzene rings is 1. The summed E-state index contributed by atoms with van der Waals surface area (Å²) in [7, 11) is 0. The van der Waals surface area contributed by atoms with Crippen LogP contribution in [-0.2, 0) is 4.74 Å². The first-order valence-corrected chi connectivity index (χ1v) is 8.41. The van der Waals surface area contributed by atoms with E-state index in [1.165, 1.54) is 0 Å². The van der Waals surface area contributed by atoms with Crippen LogP contribution >= 0.6 is 15.9 Å². The third kappa shape index (κ3) is 4.42. The highest BCUT2D eigenvalue weighted by Crippen LogP contribution is 2.28. The Morgan fingerprint density at radius 1 is 1.21 bits per heavy atom. The van der Waals surface area contributed by atoms with Gasteiger partial charge in [0.05, 0.1) is 19.2 Å². The van der Waals surface area contributed by atoms with Crippen molar-refractivity contribution < 1.29 is 18.3 Å². The van der Waals surface area contributed by atoms with Gasteiger partial charge in [0.2, 0.25) is 5.88 Å². The van der Waals surface area contributed by atoms with E-state index in [0.717, 1.165) is 10.2 Å². The standard InChI is InChI=1S/C17H17BrF2N2O2/c18-12-6-7-16(21-9-12)24-15-8-14(11-23-17(19)20)22(10-15)13-4-2-1-3-5-13/h1-7,9,14-15,17H,8,10-11H2/t14-,15-/m0/s1. The minimum atomic E-state index is -2.77. The number of para-hydroxylation sites is 1. The molecule has 4 nitrogen and oxygen atoms in total. The molecule has 0 amide bonds. The Hall–Kier alpha value is -1.73. The van der Waals surface area contributed by atoms with Crippen molar-refractivity contribution in [2.24, 2.45) is 0 Å². The fourth-order valence-electron chi connectivity index (χ4n) is 2.84. The van der Waals surface area contributed by atoms with Crippen LogP contribution in [0.3, 0.4) is 0 Å². The van der Waals surface area contributed by atoms with Crippen molar-refractivity contribution in [2.75, 3.05) is 18.1 Å². The first-order valence-electron chi connectivity index (χ1n) is 7.61. The first-order chi connectivity index (χ1) is 11.6. The SMILES string of the molecule is FC(F)OC[C@@H]1C[C@H](Oc2ccc(Br)cn2)CN1c1ccccc1. The molecule has 1 saturated heterocycles. The molecular weight excluding hydrogens is 382 g/mol. The predicted octanol–water partition coefficient (Wildman–Crippen LogP) is 4.11. The van der Waals surface area contributed by atoms with Gasteiger partial charge in [0, 0.05) is 28.8 Å². The fraction of sp³-hybridized carbons (Fsp3) is 0.353. The number of rotatable bonds is 6. The third-order valence-corrected chi connectivity index (χ3v) is 4.34. The lowest BCUT2D eigenvalue weighted by atomic mass is 10.2. The van der Waals surface area contributed by atoms with Gasteiger partial charge >= 0.3 is 6.61 Å². The Labute approximate surface area is 147 Å². The van der Waals surface area contributed by atoms with Gasteiger partial charge in [-0.3, -0.25) is 0 Å². The third-order valence-electron chi connectivity index (χ3n) is 3.87. The Bertz CT molecular complexity index is 643. The average Bonchev–Trinajstić information content (AvgIpc) is 2.99. The van der Waals surface area contributed by atoms with Crippen molar-refractivity contribution in [1.29, 1.82) is 0 Å². The van der Waals surface area contributed by atoms with Crippen molar-refractivity contribution in [3.05, 3.63) is 53.1 Å². The van der Waals surface area contributed by atoms with E-state index in [0.29, 0.717) is 18.8 Å². The lowest BCUT2D eigenvalue weighted by Gasteiger charge is -2.26. The van der Waals surface area contributed by atoms with E-state index in [1.807, 2.05) is 41.3 Å². The van der Waals surface area contributed by atoms with Crippen LogP contribution in [0.1, 0.15) is 6.42 Å². The Balaban J connectivity index is 1.70. The number of anilines is 1. The van der Waals surface area contributed by atoms with Crippen molar-refractivity contribution in [1.82, 2.24) is 4.98 Å². The number of nitrogens with zero attached hydrogens (tertiary/aromatic N) is 2. The molecule has 2 atom stereocenters. The van der Waals surface area contributed by atoms with Crippen molar-refractivity contribution in [2.45, 2.75) is 25.2 Å². The summed E-state index contributed by atoms with van der Waals surface area (Å²) in [4.78, 5) is 6.25. The Morgan fingerprint density at radius 3 is 2.67 bits per heavy atom. The molecule has 0 aliphatic carbocycles. The van der Waals surface area contributed by atoms with Crippen molar-refractivity contribution in [3.63, 3.8) is 0 Å². The second-order valence-electron chi connectivity index (χ2n) is 5.53. The molecule has 3 rings (SSSR count). The number of ether oxygens (including phenoxy) is 2. The van der Waals surface area contributed by atoms with E-state index in [9.17, 15) is 8.78 Å². The van der Waals surface area contributed by atoms with E-state index in [1.54, 1.807) is 12.3 Å². The van der Waals surface area contributed by atoms with E-state index in [-0.39, 0.29) is 18.8 Å². The van der Waals surface area contributed by atoms with E-state index in [2.05, 4.69) is 25.7 Å². The molecule has 0 N–H and O–H groups in total. The normalized spacial score (nSPS) is 20.6. The number of hydrogen-bond acceptors (Lipinski definition) is 4. The maximum atomic E-state index is 12.4. The van der Waals surface area contributed by atoms with Crippen LogP contribution in [0.4, 0.5) is 14.5 Å². The lowest BCUT2D eigenvalue weighted by molar-refractivity contribution is -0.131. The molecule has 1 aliphatic rings. The van der Waals surface area contributed by atoms with Gasteiger partial charge in [-0.2, -0.15) is 8.78 Å². The maximum absolute atomic E-state index is 12.4. The number of hydrogen-bond donors (Lipinski definition) is 0. The molecule has 1 fully saturated rings. The molecule has 0 spiro atoms. The van der Waals surface area contributed by atoms with Gasteiger partial charge in [0.25, 0.3) is 0 Å². The molecular formula is C17H17BrF2N2O2. The number of pyridine rings is 1. The van der Waals surface area contributed by atoms with Gasteiger partial charge in [-0.25, -0.2) is 4.98 Å². The van der Waals surface area contributed by atoms with Crippen LogP contribution in [-0.4, -0.2) is 36.9 Å². The Morgan fingerprint density at radius 2 is 2.00 bits per heavy atom. The quantitative estimate of drug-likeness (QED) is 0.733. The number of aromatic nitrogens is 1. The largest absolute Gasteiger partial charge is 0.472 e. The molecule has 0 bridgehead atoms. The predicted molar refractivity (Wildman–Crippen MR) is 90.5 cm³/mol. The summed E-state index contributed by atoms with van der Waals surface area (Å²) in [6.45, 7) is -2.21. The van der Waals surface area contributed by atoms with Gasteiger partial charge in [-0.1, -0.05) is 18.2 Å². The van der Waals surface area contributed by atoms with Crippen LogP contribution < -0.4 is 9.64 Å². The molecule has 1 aliphatic heterocycles. The highest BCUT2D eigenvalue weighted by molar-refractivity contribution is 9.10. The maximum Gasteiger partial charge on any atom is 0.345 e. The topological polar surface area (TPSA) is 34.6 Å². The molecule has 7 heteroatoms. The van der Waals surface area contributed by atoms with Gasteiger partial charge in [0.1, 0.15) is 6.10 Å².